The first-order valence-electron chi connectivity index (χ1n) is 5.52. The Hall–Kier alpha value is -0.630. The Morgan fingerprint density at radius 1 is 1.24 bits per heavy atom. The first kappa shape index (κ1) is 12.8. The van der Waals surface area contributed by atoms with Crippen LogP contribution in [0.4, 0.5) is 17.6 Å². The fourth-order valence-corrected chi connectivity index (χ4v) is 2.91. The molecule has 94 valence electrons. The summed E-state index contributed by atoms with van der Waals surface area (Å²) in [5, 5.41) is 0.0967. The maximum Gasteiger partial charge on any atom is 0.419 e. The van der Waals surface area contributed by atoms with Crippen molar-refractivity contribution in [3.8, 4) is 0 Å². The van der Waals surface area contributed by atoms with Crippen LogP contribution in [-0.4, -0.2) is 6.66 Å². The largest absolute Gasteiger partial charge is 0.419 e. The highest BCUT2D eigenvalue weighted by atomic mass is 31.1. The van der Waals surface area contributed by atoms with Crippen LogP contribution in [0, 0.1) is 5.82 Å². The summed E-state index contributed by atoms with van der Waals surface area (Å²) >= 11 is 0. The van der Waals surface area contributed by atoms with Crippen molar-refractivity contribution in [3.63, 3.8) is 0 Å². The molecule has 5 heteroatoms. The minimum absolute atomic E-state index is 0.0466. The Morgan fingerprint density at radius 3 is 2.29 bits per heavy atom. The third-order valence-electron chi connectivity index (χ3n) is 3.24. The van der Waals surface area contributed by atoms with E-state index in [9.17, 15) is 17.6 Å². The second-order valence-electron chi connectivity index (χ2n) is 4.30. The molecule has 1 fully saturated rings. The highest BCUT2D eigenvalue weighted by Gasteiger charge is 2.37. The zero-order valence-corrected chi connectivity index (χ0v) is 10.4. The van der Waals surface area contributed by atoms with Gasteiger partial charge in [0.15, 0.2) is 0 Å². The highest BCUT2D eigenvalue weighted by Crippen LogP contribution is 2.39. The van der Waals surface area contributed by atoms with Crippen LogP contribution in [0.2, 0.25) is 0 Å². The Labute approximate surface area is 99.2 Å². The second kappa shape index (κ2) is 4.56. The van der Waals surface area contributed by atoms with Crippen molar-refractivity contribution in [2.24, 2.45) is 0 Å². The Bertz CT molecular complexity index is 421. The minimum Gasteiger partial charge on any atom is -0.206 e. The molecule has 0 spiro atoms. The summed E-state index contributed by atoms with van der Waals surface area (Å²) in [5.74, 6) is -0.867. The molecule has 1 aromatic carbocycles. The van der Waals surface area contributed by atoms with Crippen LogP contribution in [0.1, 0.15) is 36.3 Å². The summed E-state index contributed by atoms with van der Waals surface area (Å²) in [7, 11) is -0.0466. The smallest absolute Gasteiger partial charge is 0.206 e. The van der Waals surface area contributed by atoms with Crippen LogP contribution in [0.15, 0.2) is 12.1 Å². The monoisotopic (exact) mass is 264 g/mol. The molecule has 0 aromatic heterocycles. The molecule has 0 nitrogen and oxygen atoms in total. The summed E-state index contributed by atoms with van der Waals surface area (Å²) in [5.41, 5.74) is -0.354. The van der Waals surface area contributed by atoms with Gasteiger partial charge in [-0.15, -0.1) is 0 Å². The summed E-state index contributed by atoms with van der Waals surface area (Å²) in [4.78, 5) is 0. The summed E-state index contributed by atoms with van der Waals surface area (Å²) in [6.07, 6.45) is -1.61. The van der Waals surface area contributed by atoms with Crippen molar-refractivity contribution in [2.45, 2.75) is 31.4 Å². The second-order valence-corrected chi connectivity index (χ2v) is 5.34. The third-order valence-corrected chi connectivity index (χ3v) is 4.17. The minimum atomic E-state index is -4.60. The lowest BCUT2D eigenvalue weighted by Gasteiger charge is -2.27. The van der Waals surface area contributed by atoms with Crippen molar-refractivity contribution in [3.05, 3.63) is 29.1 Å². The summed E-state index contributed by atoms with van der Waals surface area (Å²) in [6, 6.07) is 2.60. The van der Waals surface area contributed by atoms with E-state index in [2.05, 4.69) is 0 Å². The average Bonchev–Trinajstić information content (AvgIpc) is 2.11. The Balaban J connectivity index is 2.47. The predicted octanol–water partition coefficient (Wildman–Crippen LogP) is 4.05. The Kier molecular flexibility index (Phi) is 3.44. The number of alkyl halides is 3. The van der Waals surface area contributed by atoms with E-state index in [4.69, 9.17) is 0 Å². The van der Waals surface area contributed by atoms with Gasteiger partial charge in [-0.3, -0.25) is 0 Å². The molecule has 0 aliphatic heterocycles. The van der Waals surface area contributed by atoms with E-state index in [1.807, 2.05) is 0 Å². The van der Waals surface area contributed by atoms with Crippen LogP contribution in [0.3, 0.4) is 0 Å². The standard InChI is InChI=1S/C12H13F4P/c1-17-10-6-8(7-3-2-4-7)5-9(13)11(10)12(14,15)16/h5-7,17H,2-4H2,1H3. The maximum atomic E-state index is 13.6. The lowest BCUT2D eigenvalue weighted by Crippen LogP contribution is -2.21. The van der Waals surface area contributed by atoms with Crippen LogP contribution >= 0.6 is 8.58 Å². The van der Waals surface area contributed by atoms with Gasteiger partial charge in [-0.1, -0.05) is 21.1 Å². The molecule has 0 N–H and O–H groups in total. The highest BCUT2D eigenvalue weighted by molar-refractivity contribution is 7.46. The van der Waals surface area contributed by atoms with Crippen molar-refractivity contribution in [1.82, 2.24) is 0 Å². The first-order valence-corrected chi connectivity index (χ1v) is 7.02. The molecule has 1 aliphatic carbocycles. The fourth-order valence-electron chi connectivity index (χ4n) is 2.09. The molecule has 1 aromatic rings. The van der Waals surface area contributed by atoms with Gasteiger partial charge < -0.3 is 0 Å². The summed E-state index contributed by atoms with van der Waals surface area (Å²) < 4.78 is 51.7. The lowest BCUT2D eigenvalue weighted by molar-refractivity contribution is -0.139. The fraction of sp³-hybridized carbons (Fsp3) is 0.500. The zero-order valence-electron chi connectivity index (χ0n) is 9.37. The number of hydrogen-bond acceptors (Lipinski definition) is 0. The van der Waals surface area contributed by atoms with Gasteiger partial charge in [0, 0.05) is 0 Å². The van der Waals surface area contributed by atoms with E-state index in [1.165, 1.54) is 6.07 Å². The molecule has 0 heterocycles. The molecule has 1 unspecified atom stereocenters. The molecule has 0 radical (unpaired) electrons. The lowest BCUT2D eigenvalue weighted by atomic mass is 9.80. The van der Waals surface area contributed by atoms with E-state index >= 15 is 0 Å². The van der Waals surface area contributed by atoms with Crippen LogP contribution in [0.25, 0.3) is 0 Å². The van der Waals surface area contributed by atoms with Crippen LogP contribution < -0.4 is 5.30 Å². The molecule has 17 heavy (non-hydrogen) atoms. The number of rotatable bonds is 2. The SMILES string of the molecule is CPc1cc(C2CCC2)cc(F)c1C(F)(F)F. The molecule has 0 amide bonds. The van der Waals surface area contributed by atoms with Gasteiger partial charge in [0.05, 0.1) is 5.56 Å². The third kappa shape index (κ3) is 2.47. The van der Waals surface area contributed by atoms with Crippen molar-refractivity contribution in [1.29, 1.82) is 0 Å². The molecular formula is C12H13F4P. The van der Waals surface area contributed by atoms with Crippen molar-refractivity contribution in [2.75, 3.05) is 6.66 Å². The molecule has 1 aliphatic rings. The maximum absolute atomic E-state index is 13.6. The topological polar surface area (TPSA) is 0 Å². The zero-order chi connectivity index (χ0) is 12.6. The van der Waals surface area contributed by atoms with E-state index in [1.54, 1.807) is 6.66 Å². The van der Waals surface area contributed by atoms with Gasteiger partial charge in [-0.05, 0) is 42.4 Å². The average molecular weight is 264 g/mol. The van der Waals surface area contributed by atoms with E-state index in [0.29, 0.717) is 0 Å². The van der Waals surface area contributed by atoms with Gasteiger partial charge in [0.1, 0.15) is 5.82 Å². The van der Waals surface area contributed by atoms with Gasteiger partial charge in [0.25, 0.3) is 0 Å². The van der Waals surface area contributed by atoms with Gasteiger partial charge in [-0.25, -0.2) is 4.39 Å². The van der Waals surface area contributed by atoms with Gasteiger partial charge in [-0.2, -0.15) is 13.2 Å². The molecule has 0 saturated heterocycles. The Morgan fingerprint density at radius 2 is 1.88 bits per heavy atom. The number of hydrogen-bond donors (Lipinski definition) is 0. The first-order chi connectivity index (χ1) is 7.93. The molecular weight excluding hydrogens is 251 g/mol. The normalized spacial score (nSPS) is 17.7. The van der Waals surface area contributed by atoms with Crippen LogP contribution in [0.5, 0.6) is 0 Å². The quantitative estimate of drug-likeness (QED) is 0.558. The van der Waals surface area contributed by atoms with E-state index in [0.717, 1.165) is 30.9 Å². The number of halogens is 4. The molecule has 1 saturated carbocycles. The van der Waals surface area contributed by atoms with Crippen molar-refractivity contribution < 1.29 is 17.6 Å². The van der Waals surface area contributed by atoms with Gasteiger partial charge in [0.2, 0.25) is 0 Å². The van der Waals surface area contributed by atoms with E-state index < -0.39 is 17.6 Å². The summed E-state index contributed by atoms with van der Waals surface area (Å²) in [6.45, 7) is 1.65. The molecule has 0 bridgehead atoms. The van der Waals surface area contributed by atoms with Crippen LogP contribution in [-0.2, 0) is 6.18 Å². The predicted molar refractivity (Wildman–Crippen MR) is 61.9 cm³/mol. The van der Waals surface area contributed by atoms with Gasteiger partial charge >= 0.3 is 6.18 Å². The molecule has 2 rings (SSSR count). The van der Waals surface area contributed by atoms with Crippen molar-refractivity contribution >= 4 is 13.9 Å². The number of benzene rings is 1. The molecule has 1 atom stereocenters. The van der Waals surface area contributed by atoms with E-state index in [-0.39, 0.29) is 19.8 Å².